The highest BCUT2D eigenvalue weighted by atomic mass is 35.5. The number of ether oxygens (including phenoxy) is 1. The molecule has 0 radical (unpaired) electrons. The molecule has 1 aliphatic rings. The SMILES string of the molecule is Cl.O=C(NCCOc1ccc(C(F)(F)F)cc1)C1CNC1. The van der Waals surface area contributed by atoms with E-state index in [2.05, 4.69) is 10.6 Å². The maximum atomic E-state index is 12.3. The smallest absolute Gasteiger partial charge is 0.416 e. The van der Waals surface area contributed by atoms with Crippen molar-refractivity contribution in [2.45, 2.75) is 6.18 Å². The molecule has 8 heteroatoms. The summed E-state index contributed by atoms with van der Waals surface area (Å²) >= 11 is 0. The number of rotatable bonds is 5. The summed E-state index contributed by atoms with van der Waals surface area (Å²) in [6, 6.07) is 4.46. The molecule has 2 rings (SSSR count). The van der Waals surface area contributed by atoms with Crippen LogP contribution in [0.2, 0.25) is 0 Å². The first kappa shape index (κ1) is 17.6. The molecule has 0 aliphatic carbocycles. The first-order chi connectivity index (χ1) is 9.47. The highest BCUT2D eigenvalue weighted by Gasteiger charge is 2.30. The molecule has 0 spiro atoms. The molecule has 1 fully saturated rings. The lowest BCUT2D eigenvalue weighted by molar-refractivity contribution is -0.137. The third-order valence-corrected chi connectivity index (χ3v) is 3.00. The summed E-state index contributed by atoms with van der Waals surface area (Å²) in [5, 5.41) is 5.70. The zero-order chi connectivity index (χ0) is 14.6. The van der Waals surface area contributed by atoms with Crippen LogP contribution < -0.4 is 15.4 Å². The Balaban J connectivity index is 0.00000220. The average Bonchev–Trinajstić information content (AvgIpc) is 2.32. The van der Waals surface area contributed by atoms with Crippen molar-refractivity contribution in [3.63, 3.8) is 0 Å². The first-order valence-electron chi connectivity index (χ1n) is 6.25. The molecule has 2 N–H and O–H groups in total. The summed E-state index contributed by atoms with van der Waals surface area (Å²) in [5.41, 5.74) is -0.712. The standard InChI is InChI=1S/C13H15F3N2O2.ClH/c14-13(15,16)10-1-3-11(4-2-10)20-6-5-18-12(19)9-7-17-8-9;/h1-4,9,17H,5-8H2,(H,18,19);1H. The van der Waals surface area contributed by atoms with Crippen LogP contribution in [-0.2, 0) is 11.0 Å². The van der Waals surface area contributed by atoms with E-state index >= 15 is 0 Å². The second-order valence-corrected chi connectivity index (χ2v) is 4.52. The van der Waals surface area contributed by atoms with Crippen LogP contribution in [-0.4, -0.2) is 32.1 Å². The number of hydrogen-bond donors (Lipinski definition) is 2. The Kier molecular flexibility index (Phi) is 6.29. The van der Waals surface area contributed by atoms with Gasteiger partial charge >= 0.3 is 6.18 Å². The van der Waals surface area contributed by atoms with E-state index in [9.17, 15) is 18.0 Å². The molecule has 1 aliphatic heterocycles. The van der Waals surface area contributed by atoms with E-state index in [1.54, 1.807) is 0 Å². The number of nitrogens with one attached hydrogen (secondary N) is 2. The number of alkyl halides is 3. The number of carbonyl (C=O) groups excluding carboxylic acids is 1. The van der Waals surface area contributed by atoms with Crippen LogP contribution in [0.1, 0.15) is 5.56 Å². The Morgan fingerprint density at radius 1 is 1.29 bits per heavy atom. The highest BCUT2D eigenvalue weighted by molar-refractivity contribution is 5.85. The van der Waals surface area contributed by atoms with Gasteiger partial charge < -0.3 is 15.4 Å². The van der Waals surface area contributed by atoms with Crippen LogP contribution in [0, 0.1) is 5.92 Å². The average molecular weight is 325 g/mol. The lowest BCUT2D eigenvalue weighted by Crippen LogP contribution is -2.51. The van der Waals surface area contributed by atoms with E-state index < -0.39 is 11.7 Å². The van der Waals surface area contributed by atoms with Crippen LogP contribution in [0.3, 0.4) is 0 Å². The number of benzene rings is 1. The van der Waals surface area contributed by atoms with Crippen molar-refractivity contribution in [3.8, 4) is 5.75 Å². The number of carbonyl (C=O) groups is 1. The van der Waals surface area contributed by atoms with Gasteiger partial charge in [0.25, 0.3) is 0 Å². The largest absolute Gasteiger partial charge is 0.492 e. The van der Waals surface area contributed by atoms with Crippen molar-refractivity contribution in [2.75, 3.05) is 26.2 Å². The van der Waals surface area contributed by atoms with Gasteiger partial charge in [-0.05, 0) is 24.3 Å². The minimum atomic E-state index is -4.34. The Morgan fingerprint density at radius 2 is 1.90 bits per heavy atom. The lowest BCUT2D eigenvalue weighted by Gasteiger charge is -2.25. The molecule has 1 aromatic carbocycles. The molecule has 0 bridgehead atoms. The molecule has 4 nitrogen and oxygen atoms in total. The minimum absolute atomic E-state index is 0. The van der Waals surface area contributed by atoms with Gasteiger partial charge in [0.1, 0.15) is 12.4 Å². The Hall–Kier alpha value is -1.47. The molecule has 1 heterocycles. The molecular weight excluding hydrogens is 309 g/mol. The molecule has 118 valence electrons. The normalized spacial score (nSPS) is 14.8. The Labute approximate surface area is 126 Å². The Morgan fingerprint density at radius 3 is 2.38 bits per heavy atom. The van der Waals surface area contributed by atoms with Crippen LogP contribution >= 0.6 is 12.4 Å². The van der Waals surface area contributed by atoms with Crippen molar-refractivity contribution in [1.29, 1.82) is 0 Å². The minimum Gasteiger partial charge on any atom is -0.492 e. The molecule has 0 atom stereocenters. The highest BCUT2D eigenvalue weighted by Crippen LogP contribution is 2.30. The zero-order valence-electron chi connectivity index (χ0n) is 11.1. The van der Waals surface area contributed by atoms with E-state index in [0.29, 0.717) is 25.4 Å². The van der Waals surface area contributed by atoms with Crippen molar-refractivity contribution in [1.82, 2.24) is 10.6 Å². The van der Waals surface area contributed by atoms with E-state index in [0.717, 1.165) is 12.1 Å². The summed E-state index contributed by atoms with van der Waals surface area (Å²) in [5.74, 6) is 0.332. The first-order valence-corrected chi connectivity index (χ1v) is 6.25. The summed E-state index contributed by atoms with van der Waals surface area (Å²) in [6.45, 7) is 1.92. The van der Waals surface area contributed by atoms with Crippen LogP contribution in [0.5, 0.6) is 5.75 Å². The van der Waals surface area contributed by atoms with Crippen molar-refractivity contribution in [3.05, 3.63) is 29.8 Å². The fourth-order valence-corrected chi connectivity index (χ4v) is 1.70. The van der Waals surface area contributed by atoms with Gasteiger partial charge in [-0.25, -0.2) is 0 Å². The quantitative estimate of drug-likeness (QED) is 0.813. The fraction of sp³-hybridized carbons (Fsp3) is 0.462. The van der Waals surface area contributed by atoms with E-state index in [4.69, 9.17) is 4.74 Å². The van der Waals surface area contributed by atoms with E-state index in [1.165, 1.54) is 12.1 Å². The third kappa shape index (κ3) is 5.09. The van der Waals surface area contributed by atoms with Crippen LogP contribution in [0.25, 0.3) is 0 Å². The number of halogens is 4. The molecular formula is C13H16ClF3N2O2. The third-order valence-electron chi connectivity index (χ3n) is 3.00. The van der Waals surface area contributed by atoms with Gasteiger partial charge in [-0.2, -0.15) is 13.2 Å². The van der Waals surface area contributed by atoms with Gasteiger partial charge in [-0.3, -0.25) is 4.79 Å². The van der Waals surface area contributed by atoms with Gasteiger partial charge in [0, 0.05) is 13.1 Å². The summed E-state index contributed by atoms with van der Waals surface area (Å²) in [7, 11) is 0. The zero-order valence-corrected chi connectivity index (χ0v) is 11.9. The van der Waals surface area contributed by atoms with Gasteiger partial charge in [-0.1, -0.05) is 0 Å². The lowest BCUT2D eigenvalue weighted by atomic mass is 10.0. The van der Waals surface area contributed by atoms with Crippen LogP contribution in [0.4, 0.5) is 13.2 Å². The molecule has 1 aromatic rings. The summed E-state index contributed by atoms with van der Waals surface area (Å²) in [4.78, 5) is 11.5. The van der Waals surface area contributed by atoms with E-state index in [-0.39, 0.29) is 30.8 Å². The second-order valence-electron chi connectivity index (χ2n) is 4.52. The molecule has 1 amide bonds. The number of amides is 1. The monoisotopic (exact) mass is 324 g/mol. The van der Waals surface area contributed by atoms with Gasteiger partial charge in [0.05, 0.1) is 18.0 Å². The maximum Gasteiger partial charge on any atom is 0.416 e. The predicted molar refractivity (Wildman–Crippen MR) is 73.6 cm³/mol. The molecule has 0 aromatic heterocycles. The fourth-order valence-electron chi connectivity index (χ4n) is 1.70. The second kappa shape index (κ2) is 7.51. The van der Waals surface area contributed by atoms with E-state index in [1.807, 2.05) is 0 Å². The summed E-state index contributed by atoms with van der Waals surface area (Å²) in [6.07, 6.45) is -4.34. The van der Waals surface area contributed by atoms with Crippen molar-refractivity contribution in [2.24, 2.45) is 5.92 Å². The summed E-state index contributed by atoms with van der Waals surface area (Å²) < 4.78 is 42.3. The molecule has 0 saturated carbocycles. The van der Waals surface area contributed by atoms with Crippen molar-refractivity contribution < 1.29 is 22.7 Å². The molecule has 0 unspecified atom stereocenters. The molecule has 21 heavy (non-hydrogen) atoms. The van der Waals surface area contributed by atoms with Crippen LogP contribution in [0.15, 0.2) is 24.3 Å². The van der Waals surface area contributed by atoms with Gasteiger partial charge in [0.2, 0.25) is 5.91 Å². The predicted octanol–water partition coefficient (Wildman–Crippen LogP) is 1.84. The van der Waals surface area contributed by atoms with Gasteiger partial charge in [-0.15, -0.1) is 12.4 Å². The van der Waals surface area contributed by atoms with Crippen molar-refractivity contribution >= 4 is 18.3 Å². The van der Waals surface area contributed by atoms with Gasteiger partial charge in [0.15, 0.2) is 0 Å². The Bertz CT molecular complexity index is 461. The topological polar surface area (TPSA) is 50.4 Å². The number of hydrogen-bond acceptors (Lipinski definition) is 3. The molecule has 1 saturated heterocycles. The maximum absolute atomic E-state index is 12.3.